The average molecular weight is 300 g/mol. The Morgan fingerprint density at radius 1 is 1.47 bits per heavy atom. The van der Waals surface area contributed by atoms with Gasteiger partial charge in [-0.25, -0.2) is 0 Å². The van der Waals surface area contributed by atoms with Crippen LogP contribution in [0.15, 0.2) is 24.3 Å². The highest BCUT2D eigenvalue weighted by molar-refractivity contribution is 7.99. The maximum absolute atomic E-state index is 11.9. The summed E-state index contributed by atoms with van der Waals surface area (Å²) < 4.78 is 0. The van der Waals surface area contributed by atoms with E-state index in [1.54, 1.807) is 24.3 Å². The Hall–Kier alpha value is -0.710. The molecule has 19 heavy (non-hydrogen) atoms. The molecular formula is C14H18ClNO2S. The van der Waals surface area contributed by atoms with E-state index in [1.807, 2.05) is 11.8 Å². The van der Waals surface area contributed by atoms with Gasteiger partial charge in [0, 0.05) is 16.8 Å². The summed E-state index contributed by atoms with van der Waals surface area (Å²) >= 11 is 7.66. The SMILES string of the molecule is O=C(C[C@H](O)c1ccc(Cl)cc1)N[C@H]1CCCSC1. The Kier molecular flexibility index (Phi) is 5.55. The van der Waals surface area contributed by atoms with Crippen LogP contribution in [0.25, 0.3) is 0 Å². The highest BCUT2D eigenvalue weighted by Crippen LogP contribution is 2.20. The van der Waals surface area contributed by atoms with Gasteiger partial charge in [0.2, 0.25) is 5.91 Å². The molecule has 0 unspecified atom stereocenters. The van der Waals surface area contributed by atoms with Crippen molar-refractivity contribution in [1.82, 2.24) is 5.32 Å². The minimum atomic E-state index is -0.770. The molecule has 1 amide bonds. The smallest absolute Gasteiger partial charge is 0.223 e. The Bertz CT molecular complexity index is 418. The Morgan fingerprint density at radius 3 is 2.84 bits per heavy atom. The lowest BCUT2D eigenvalue weighted by Gasteiger charge is -2.23. The van der Waals surface area contributed by atoms with Gasteiger partial charge < -0.3 is 10.4 Å². The van der Waals surface area contributed by atoms with Gasteiger partial charge >= 0.3 is 0 Å². The van der Waals surface area contributed by atoms with E-state index in [-0.39, 0.29) is 18.4 Å². The minimum Gasteiger partial charge on any atom is -0.388 e. The number of halogens is 1. The molecule has 0 aliphatic carbocycles. The number of aliphatic hydroxyl groups excluding tert-OH is 1. The molecule has 0 aromatic heterocycles. The fraction of sp³-hybridized carbons (Fsp3) is 0.500. The number of thioether (sulfide) groups is 1. The lowest BCUT2D eigenvalue weighted by molar-refractivity contribution is -0.123. The molecule has 1 fully saturated rings. The molecule has 0 radical (unpaired) electrons. The lowest BCUT2D eigenvalue weighted by atomic mass is 10.1. The molecular weight excluding hydrogens is 282 g/mol. The number of carbonyl (C=O) groups excluding carboxylic acids is 1. The molecule has 5 heteroatoms. The average Bonchev–Trinajstić information content (AvgIpc) is 2.40. The molecule has 1 saturated heterocycles. The number of rotatable bonds is 4. The summed E-state index contributed by atoms with van der Waals surface area (Å²) in [5.74, 6) is 2.07. The van der Waals surface area contributed by atoms with Crippen LogP contribution in [0.1, 0.15) is 30.9 Å². The Balaban J connectivity index is 1.82. The molecule has 0 spiro atoms. The van der Waals surface area contributed by atoms with Gasteiger partial charge in [-0.1, -0.05) is 23.7 Å². The highest BCUT2D eigenvalue weighted by Gasteiger charge is 2.18. The van der Waals surface area contributed by atoms with Crippen LogP contribution >= 0.6 is 23.4 Å². The van der Waals surface area contributed by atoms with Crippen molar-refractivity contribution < 1.29 is 9.90 Å². The first-order chi connectivity index (χ1) is 9.15. The van der Waals surface area contributed by atoms with Crippen LogP contribution in [-0.4, -0.2) is 28.6 Å². The number of benzene rings is 1. The molecule has 1 heterocycles. The first kappa shape index (κ1) is 14.7. The quantitative estimate of drug-likeness (QED) is 0.899. The van der Waals surface area contributed by atoms with E-state index in [0.29, 0.717) is 5.02 Å². The molecule has 1 aromatic carbocycles. The maximum Gasteiger partial charge on any atom is 0.223 e. The van der Waals surface area contributed by atoms with E-state index < -0.39 is 6.10 Å². The van der Waals surface area contributed by atoms with Crippen molar-refractivity contribution >= 4 is 29.3 Å². The minimum absolute atomic E-state index is 0.0880. The van der Waals surface area contributed by atoms with Gasteiger partial charge in [0.25, 0.3) is 0 Å². The van der Waals surface area contributed by atoms with E-state index in [1.165, 1.54) is 5.75 Å². The highest BCUT2D eigenvalue weighted by atomic mass is 35.5. The van der Waals surface area contributed by atoms with E-state index in [9.17, 15) is 9.90 Å². The molecule has 1 aliphatic rings. The van der Waals surface area contributed by atoms with Crippen molar-refractivity contribution in [3.8, 4) is 0 Å². The van der Waals surface area contributed by atoms with Gasteiger partial charge in [0.15, 0.2) is 0 Å². The van der Waals surface area contributed by atoms with Crippen molar-refractivity contribution in [2.24, 2.45) is 0 Å². The molecule has 0 saturated carbocycles. The third kappa shape index (κ3) is 4.71. The summed E-state index contributed by atoms with van der Waals surface area (Å²) in [5.41, 5.74) is 0.720. The molecule has 2 N–H and O–H groups in total. The van der Waals surface area contributed by atoms with Crippen molar-refractivity contribution in [3.63, 3.8) is 0 Å². The largest absolute Gasteiger partial charge is 0.388 e. The van der Waals surface area contributed by atoms with Crippen LogP contribution < -0.4 is 5.32 Å². The topological polar surface area (TPSA) is 49.3 Å². The molecule has 0 bridgehead atoms. The number of aliphatic hydroxyl groups is 1. The summed E-state index contributed by atoms with van der Waals surface area (Å²) in [4.78, 5) is 11.9. The van der Waals surface area contributed by atoms with E-state index in [2.05, 4.69) is 5.32 Å². The zero-order valence-corrected chi connectivity index (χ0v) is 12.2. The Labute approximate surface area is 122 Å². The van der Waals surface area contributed by atoms with Gasteiger partial charge in [-0.2, -0.15) is 11.8 Å². The van der Waals surface area contributed by atoms with Crippen molar-refractivity contribution in [1.29, 1.82) is 0 Å². The fourth-order valence-electron chi connectivity index (χ4n) is 2.12. The predicted octanol–water partition coefficient (Wildman–Crippen LogP) is 2.78. The molecule has 2 rings (SSSR count). The van der Waals surface area contributed by atoms with Gasteiger partial charge in [0.05, 0.1) is 12.5 Å². The second kappa shape index (κ2) is 7.17. The zero-order chi connectivity index (χ0) is 13.7. The summed E-state index contributed by atoms with van der Waals surface area (Å²) in [5, 5.41) is 13.6. The number of carbonyl (C=O) groups is 1. The van der Waals surface area contributed by atoms with E-state index in [4.69, 9.17) is 11.6 Å². The number of hydrogen-bond acceptors (Lipinski definition) is 3. The van der Waals surface area contributed by atoms with Crippen LogP contribution in [0.3, 0.4) is 0 Å². The van der Waals surface area contributed by atoms with Crippen molar-refractivity contribution in [2.45, 2.75) is 31.4 Å². The van der Waals surface area contributed by atoms with Crippen molar-refractivity contribution in [2.75, 3.05) is 11.5 Å². The van der Waals surface area contributed by atoms with Gasteiger partial charge in [-0.05, 0) is 36.3 Å². The summed E-state index contributed by atoms with van der Waals surface area (Å²) in [6, 6.07) is 7.18. The predicted molar refractivity (Wildman–Crippen MR) is 79.5 cm³/mol. The molecule has 2 atom stereocenters. The van der Waals surface area contributed by atoms with Gasteiger partial charge in [-0.3, -0.25) is 4.79 Å². The number of nitrogens with one attached hydrogen (secondary N) is 1. The lowest BCUT2D eigenvalue weighted by Crippen LogP contribution is -2.38. The van der Waals surface area contributed by atoms with Gasteiger partial charge in [-0.15, -0.1) is 0 Å². The molecule has 104 valence electrons. The van der Waals surface area contributed by atoms with E-state index >= 15 is 0 Å². The van der Waals surface area contributed by atoms with Gasteiger partial charge in [0.1, 0.15) is 0 Å². The van der Waals surface area contributed by atoms with Crippen LogP contribution in [0.5, 0.6) is 0 Å². The third-order valence-electron chi connectivity index (χ3n) is 3.16. The monoisotopic (exact) mass is 299 g/mol. The van der Waals surface area contributed by atoms with Crippen LogP contribution in [0.4, 0.5) is 0 Å². The molecule has 3 nitrogen and oxygen atoms in total. The Morgan fingerprint density at radius 2 is 2.21 bits per heavy atom. The van der Waals surface area contributed by atoms with Crippen molar-refractivity contribution in [3.05, 3.63) is 34.9 Å². The fourth-order valence-corrected chi connectivity index (χ4v) is 3.32. The van der Waals surface area contributed by atoms with Crippen LogP contribution in [-0.2, 0) is 4.79 Å². The normalized spacial score (nSPS) is 20.8. The second-order valence-electron chi connectivity index (χ2n) is 4.75. The standard InChI is InChI=1S/C14H18ClNO2S/c15-11-5-3-10(4-6-11)13(17)8-14(18)16-12-2-1-7-19-9-12/h3-6,12-13,17H,1-2,7-9H2,(H,16,18)/t12-,13-/m0/s1. The van der Waals surface area contributed by atoms with Crippen LogP contribution in [0.2, 0.25) is 5.02 Å². The summed E-state index contributed by atoms with van der Waals surface area (Å²) in [6.45, 7) is 0. The van der Waals surface area contributed by atoms with Crippen LogP contribution in [0, 0.1) is 0 Å². The molecule has 1 aromatic rings. The first-order valence-corrected chi connectivity index (χ1v) is 7.99. The third-order valence-corrected chi connectivity index (χ3v) is 4.63. The summed E-state index contributed by atoms with van der Waals surface area (Å²) in [6.07, 6.45) is 1.52. The first-order valence-electron chi connectivity index (χ1n) is 6.46. The number of amides is 1. The second-order valence-corrected chi connectivity index (χ2v) is 6.34. The number of hydrogen-bond donors (Lipinski definition) is 2. The van der Waals surface area contributed by atoms with E-state index in [0.717, 1.165) is 24.2 Å². The summed E-state index contributed by atoms with van der Waals surface area (Å²) in [7, 11) is 0. The molecule has 1 aliphatic heterocycles. The maximum atomic E-state index is 11.9. The zero-order valence-electron chi connectivity index (χ0n) is 10.6.